The molecule has 0 heterocycles. The van der Waals surface area contributed by atoms with E-state index < -0.39 is 5.85 Å². The number of allylic oxidation sites excluding steroid dienone is 1. The Labute approximate surface area is 72.4 Å². The van der Waals surface area contributed by atoms with Crippen molar-refractivity contribution < 1.29 is 14.2 Å². The molecule has 0 amide bonds. The van der Waals surface area contributed by atoms with Crippen molar-refractivity contribution in [3.63, 3.8) is 0 Å². The molecule has 0 aromatic carbocycles. The molecule has 0 fully saturated rings. The fourth-order valence-electron chi connectivity index (χ4n) is 0.662. The average Bonchev–Trinajstić information content (AvgIpc) is 1.82. The highest BCUT2D eigenvalue weighted by molar-refractivity contribution is 5.14. The van der Waals surface area contributed by atoms with Gasteiger partial charge in [-0.25, -0.2) is 0 Å². The van der Waals surface area contributed by atoms with Crippen molar-refractivity contribution in [3.8, 4) is 0 Å². The zero-order valence-corrected chi connectivity index (χ0v) is 7.72. The van der Waals surface area contributed by atoms with Crippen molar-refractivity contribution in [1.29, 1.82) is 0 Å². The quantitative estimate of drug-likeness (QED) is 0.522. The van der Waals surface area contributed by atoms with Crippen LogP contribution in [0.5, 0.6) is 0 Å². The normalized spacial score (nSPS) is 12.9. The molecule has 0 atom stereocenters. The largest absolute Gasteiger partial charge is 0.459 e. The van der Waals surface area contributed by atoms with Crippen LogP contribution in [0.25, 0.3) is 0 Å². The van der Waals surface area contributed by atoms with E-state index in [0.717, 1.165) is 0 Å². The second-order valence-corrected chi connectivity index (χ2v) is 3.08. The summed E-state index contributed by atoms with van der Waals surface area (Å²) in [5.41, 5.74) is 0.684. The van der Waals surface area contributed by atoms with Crippen LogP contribution >= 0.6 is 0 Å². The van der Waals surface area contributed by atoms with E-state index in [4.69, 9.17) is 9.84 Å². The van der Waals surface area contributed by atoms with Crippen molar-refractivity contribution in [2.45, 2.75) is 26.6 Å². The maximum atomic E-state index is 12.8. The first-order chi connectivity index (χ1) is 5.35. The van der Waals surface area contributed by atoms with Gasteiger partial charge in [-0.2, -0.15) is 4.39 Å². The molecule has 0 bridgehead atoms. The lowest BCUT2D eigenvalue weighted by molar-refractivity contribution is -0.0738. The smallest absolute Gasteiger partial charge is 0.242 e. The summed E-state index contributed by atoms with van der Waals surface area (Å²) in [6.45, 7) is 7.70. The molecule has 0 aliphatic rings. The number of ether oxygens (including phenoxy) is 1. The molecule has 1 N–H and O–H groups in total. The molecule has 0 aromatic rings. The lowest BCUT2D eigenvalue weighted by atomic mass is 10.3. The summed E-state index contributed by atoms with van der Waals surface area (Å²) in [5, 5.41) is 8.62. The zero-order valence-electron chi connectivity index (χ0n) is 7.72. The van der Waals surface area contributed by atoms with E-state index in [1.807, 2.05) is 0 Å². The second-order valence-electron chi connectivity index (χ2n) is 3.08. The summed E-state index contributed by atoms with van der Waals surface area (Å²) >= 11 is 0. The lowest BCUT2D eigenvalue weighted by Crippen LogP contribution is -2.15. The summed E-state index contributed by atoms with van der Waals surface area (Å²) in [4.78, 5) is 0. The fourth-order valence-corrected chi connectivity index (χ4v) is 0.662. The van der Waals surface area contributed by atoms with E-state index >= 15 is 0 Å². The van der Waals surface area contributed by atoms with E-state index in [9.17, 15) is 4.39 Å². The minimum atomic E-state index is -1.72. The molecular formula is C9H15FO2. The molecule has 70 valence electrons. The predicted octanol–water partition coefficient (Wildman–Crippen LogP) is 2.16. The summed E-state index contributed by atoms with van der Waals surface area (Å²) in [5.74, 6) is -1.50. The number of halogens is 1. The molecule has 0 aliphatic carbocycles. The van der Waals surface area contributed by atoms with Gasteiger partial charge in [-0.05, 0) is 18.6 Å². The Hall–Kier alpha value is -0.830. The molecule has 3 heteroatoms. The standard InChI is InChI=1S/C9H15FO2/c1-7(6-11)5-8(2)12-9(3,4)10/h5,11H,2,6H2,1,3-4H3. The van der Waals surface area contributed by atoms with Crippen LogP contribution < -0.4 is 0 Å². The first-order valence-corrected chi connectivity index (χ1v) is 3.70. The average molecular weight is 174 g/mol. The first kappa shape index (κ1) is 11.2. The van der Waals surface area contributed by atoms with Gasteiger partial charge in [-0.15, -0.1) is 0 Å². The van der Waals surface area contributed by atoms with Gasteiger partial charge in [0.1, 0.15) is 5.76 Å². The highest BCUT2D eigenvalue weighted by Crippen LogP contribution is 2.16. The zero-order chi connectivity index (χ0) is 9.78. The molecule has 12 heavy (non-hydrogen) atoms. The van der Waals surface area contributed by atoms with Crippen molar-refractivity contribution in [2.24, 2.45) is 0 Å². The maximum Gasteiger partial charge on any atom is 0.242 e. The number of alkyl halides is 1. The predicted molar refractivity (Wildman–Crippen MR) is 46.3 cm³/mol. The minimum absolute atomic E-state index is 0.0743. The topological polar surface area (TPSA) is 29.5 Å². The summed E-state index contributed by atoms with van der Waals surface area (Å²) < 4.78 is 17.6. The van der Waals surface area contributed by atoms with Gasteiger partial charge in [0.15, 0.2) is 0 Å². The van der Waals surface area contributed by atoms with E-state index in [1.165, 1.54) is 19.9 Å². The van der Waals surface area contributed by atoms with E-state index in [2.05, 4.69) is 6.58 Å². The SMILES string of the molecule is C=C(C=C(C)CO)OC(C)(C)F. The van der Waals surface area contributed by atoms with Crippen molar-refractivity contribution in [1.82, 2.24) is 0 Å². The van der Waals surface area contributed by atoms with Gasteiger partial charge >= 0.3 is 0 Å². The number of hydrogen-bond donors (Lipinski definition) is 1. The molecule has 0 spiro atoms. The van der Waals surface area contributed by atoms with Crippen molar-refractivity contribution in [2.75, 3.05) is 6.61 Å². The molecule has 0 saturated carbocycles. The van der Waals surface area contributed by atoms with E-state index in [-0.39, 0.29) is 12.4 Å². The van der Waals surface area contributed by atoms with E-state index in [1.54, 1.807) is 6.92 Å². The third kappa shape index (κ3) is 5.92. The van der Waals surface area contributed by atoms with Crippen LogP contribution in [0, 0.1) is 0 Å². The highest BCUT2D eigenvalue weighted by atomic mass is 19.2. The lowest BCUT2D eigenvalue weighted by Gasteiger charge is -2.17. The van der Waals surface area contributed by atoms with E-state index in [0.29, 0.717) is 5.57 Å². The molecule has 0 saturated heterocycles. The van der Waals surface area contributed by atoms with Gasteiger partial charge in [-0.3, -0.25) is 0 Å². The van der Waals surface area contributed by atoms with Gasteiger partial charge in [0.2, 0.25) is 5.85 Å². The van der Waals surface area contributed by atoms with Gasteiger partial charge in [0, 0.05) is 13.8 Å². The number of rotatable bonds is 4. The third-order valence-electron chi connectivity index (χ3n) is 1.03. The van der Waals surface area contributed by atoms with Crippen LogP contribution in [0.15, 0.2) is 24.0 Å². The Morgan fingerprint density at radius 3 is 2.50 bits per heavy atom. The number of aliphatic hydroxyl groups is 1. The molecule has 0 rings (SSSR count). The maximum absolute atomic E-state index is 12.8. The highest BCUT2D eigenvalue weighted by Gasteiger charge is 2.16. The van der Waals surface area contributed by atoms with Gasteiger partial charge in [0.25, 0.3) is 0 Å². The molecular weight excluding hydrogens is 159 g/mol. The van der Waals surface area contributed by atoms with Gasteiger partial charge in [0.05, 0.1) is 6.61 Å². The van der Waals surface area contributed by atoms with Crippen LogP contribution in [0.1, 0.15) is 20.8 Å². The molecule has 2 nitrogen and oxygen atoms in total. The molecule has 0 aromatic heterocycles. The number of aliphatic hydroxyl groups excluding tert-OH is 1. The van der Waals surface area contributed by atoms with Crippen molar-refractivity contribution >= 4 is 0 Å². The molecule has 0 radical (unpaired) electrons. The third-order valence-corrected chi connectivity index (χ3v) is 1.03. The Bertz CT molecular complexity index is 189. The van der Waals surface area contributed by atoms with Crippen LogP contribution in [-0.2, 0) is 4.74 Å². The van der Waals surface area contributed by atoms with Gasteiger partial charge in [-0.1, -0.05) is 6.58 Å². The minimum Gasteiger partial charge on any atom is -0.459 e. The fraction of sp³-hybridized carbons (Fsp3) is 0.556. The Morgan fingerprint density at radius 1 is 1.67 bits per heavy atom. The van der Waals surface area contributed by atoms with Crippen LogP contribution in [0.4, 0.5) is 4.39 Å². The van der Waals surface area contributed by atoms with Crippen LogP contribution in [0.3, 0.4) is 0 Å². The Kier molecular flexibility index (Phi) is 3.96. The number of hydrogen-bond acceptors (Lipinski definition) is 2. The Morgan fingerprint density at radius 2 is 2.17 bits per heavy atom. The summed E-state index contributed by atoms with van der Waals surface area (Å²) in [7, 11) is 0. The monoisotopic (exact) mass is 174 g/mol. The molecule has 0 unspecified atom stereocenters. The Balaban J connectivity index is 4.08. The van der Waals surface area contributed by atoms with Crippen molar-refractivity contribution in [3.05, 3.63) is 24.0 Å². The van der Waals surface area contributed by atoms with Crippen LogP contribution in [0.2, 0.25) is 0 Å². The van der Waals surface area contributed by atoms with Crippen LogP contribution in [-0.4, -0.2) is 17.6 Å². The van der Waals surface area contributed by atoms with Gasteiger partial charge < -0.3 is 9.84 Å². The molecule has 0 aliphatic heterocycles. The summed E-state index contributed by atoms with van der Waals surface area (Å²) in [6, 6.07) is 0. The second kappa shape index (κ2) is 4.26. The summed E-state index contributed by atoms with van der Waals surface area (Å²) in [6.07, 6.45) is 1.50. The first-order valence-electron chi connectivity index (χ1n) is 3.70.